The normalized spacial score (nSPS) is 11.2. The average molecular weight is 580 g/mol. The molecule has 1 aromatic rings. The molecule has 232 valence electrons. The Balaban J connectivity index is 0.00000509. The van der Waals surface area contributed by atoms with E-state index in [9.17, 15) is 24.0 Å². The van der Waals surface area contributed by atoms with Crippen LogP contribution < -0.4 is 27.4 Å². The van der Waals surface area contributed by atoms with Crippen molar-refractivity contribution in [2.75, 3.05) is 45.6 Å². The van der Waals surface area contributed by atoms with Crippen molar-refractivity contribution in [3.63, 3.8) is 0 Å². The van der Waals surface area contributed by atoms with Crippen LogP contribution in [-0.2, 0) is 25.7 Å². The first-order valence-corrected chi connectivity index (χ1v) is 13.7. The van der Waals surface area contributed by atoms with Crippen LogP contribution in [0.4, 0.5) is 15.3 Å². The fourth-order valence-electron chi connectivity index (χ4n) is 3.27. The van der Waals surface area contributed by atoms with Gasteiger partial charge in [0.15, 0.2) is 0 Å². The maximum Gasteiger partial charge on any atom is 0.409 e. The number of anilines is 1. The molecule has 1 aromatic carbocycles. The molecule has 1 atom stereocenters. The monoisotopic (exact) mass is 579 g/mol. The zero-order valence-corrected chi connectivity index (χ0v) is 25.5. The van der Waals surface area contributed by atoms with Crippen LogP contribution in [0.25, 0.3) is 0 Å². The summed E-state index contributed by atoms with van der Waals surface area (Å²) in [6.45, 7) is 10.5. The van der Waals surface area contributed by atoms with Crippen molar-refractivity contribution in [3.8, 4) is 0 Å². The molecule has 0 aliphatic carbocycles. The summed E-state index contributed by atoms with van der Waals surface area (Å²) in [5.41, 5.74) is 11.1. The van der Waals surface area contributed by atoms with E-state index in [1.165, 1.54) is 11.3 Å². The Bertz CT molecular complexity index is 979. The number of carbonyl (C=O) groups excluding carboxylic acids is 5. The van der Waals surface area contributed by atoms with E-state index in [0.717, 1.165) is 0 Å². The Kier molecular flexibility index (Phi) is 17.4. The zero-order chi connectivity index (χ0) is 31.6. The van der Waals surface area contributed by atoms with Crippen LogP contribution in [0.2, 0.25) is 0 Å². The van der Waals surface area contributed by atoms with Gasteiger partial charge in [-0.3, -0.25) is 14.4 Å². The highest BCUT2D eigenvalue weighted by molar-refractivity contribution is 5.97. The molecule has 0 aliphatic rings. The van der Waals surface area contributed by atoms with Crippen molar-refractivity contribution in [1.82, 2.24) is 20.4 Å². The van der Waals surface area contributed by atoms with Crippen molar-refractivity contribution in [2.24, 2.45) is 16.9 Å². The quantitative estimate of drug-likeness (QED) is 0.221. The van der Waals surface area contributed by atoms with E-state index < -0.39 is 35.4 Å². The third-order valence-electron chi connectivity index (χ3n) is 5.46. The van der Waals surface area contributed by atoms with Gasteiger partial charge < -0.3 is 42.0 Å². The molecule has 7 N–H and O–H groups in total. The van der Waals surface area contributed by atoms with Gasteiger partial charge in [-0.05, 0) is 30.5 Å². The predicted molar refractivity (Wildman–Crippen MR) is 159 cm³/mol. The fourth-order valence-corrected chi connectivity index (χ4v) is 3.27. The van der Waals surface area contributed by atoms with Crippen molar-refractivity contribution in [3.05, 3.63) is 29.8 Å². The first kappa shape index (κ1) is 37.1. The molecule has 0 saturated heterocycles. The van der Waals surface area contributed by atoms with Gasteiger partial charge in [0.2, 0.25) is 17.7 Å². The number of primary amides is 1. The zero-order valence-electron chi connectivity index (χ0n) is 25.5. The molecule has 0 heterocycles. The number of carbonyl (C=O) groups is 5. The topological polar surface area (TPSA) is 189 Å². The summed E-state index contributed by atoms with van der Waals surface area (Å²) in [5.74, 6) is -0.941. The van der Waals surface area contributed by atoms with E-state index in [0.29, 0.717) is 30.8 Å². The standard InChI is InChI=1S/C25H41N7O6.C3H8/c1-25(2,3)22(35)31(4)13-14-32(5)24(37)38-16-17-8-10-18(11-9-17)29-21(34)19(30-20(33)15-26)7-6-12-28-23(27)36;1-3-2/h8-11,19H,6-7,12-16,26H2,1-5H3,(H,29,34)(H,30,33)(H3,27,28,36);3H2,1-2H3. The van der Waals surface area contributed by atoms with Gasteiger partial charge in [0, 0.05) is 44.8 Å². The SMILES string of the molecule is CCC.CN(CCN(C)C(=O)C(C)(C)C)C(=O)OCc1ccc(NC(=O)C(CCCNC(N)=O)NC(=O)CN)cc1. The number of hydrogen-bond acceptors (Lipinski definition) is 7. The lowest BCUT2D eigenvalue weighted by Crippen LogP contribution is -2.46. The Morgan fingerprint density at radius 2 is 1.54 bits per heavy atom. The van der Waals surface area contributed by atoms with Gasteiger partial charge in [-0.15, -0.1) is 0 Å². The number of urea groups is 1. The van der Waals surface area contributed by atoms with Crippen molar-refractivity contribution >= 4 is 35.5 Å². The lowest BCUT2D eigenvalue weighted by Gasteiger charge is -2.27. The van der Waals surface area contributed by atoms with E-state index in [1.54, 1.807) is 43.3 Å². The highest BCUT2D eigenvalue weighted by Crippen LogP contribution is 2.16. The lowest BCUT2D eigenvalue weighted by molar-refractivity contribution is -0.138. The molecular formula is C28H49N7O6. The highest BCUT2D eigenvalue weighted by atomic mass is 16.6. The van der Waals surface area contributed by atoms with E-state index in [2.05, 4.69) is 29.8 Å². The Labute approximate surface area is 243 Å². The van der Waals surface area contributed by atoms with Gasteiger partial charge in [-0.1, -0.05) is 53.2 Å². The molecular weight excluding hydrogens is 530 g/mol. The second kappa shape index (κ2) is 19.2. The second-order valence-electron chi connectivity index (χ2n) is 10.6. The molecule has 0 saturated carbocycles. The van der Waals surface area contributed by atoms with Gasteiger partial charge in [-0.2, -0.15) is 0 Å². The van der Waals surface area contributed by atoms with Crippen LogP contribution in [0.5, 0.6) is 0 Å². The fraction of sp³-hybridized carbons (Fsp3) is 0.607. The predicted octanol–water partition coefficient (Wildman–Crippen LogP) is 2.01. The van der Waals surface area contributed by atoms with Crippen molar-refractivity contribution in [2.45, 2.75) is 66.5 Å². The number of likely N-dealkylation sites (N-methyl/N-ethyl adjacent to an activating group) is 2. The second-order valence-corrected chi connectivity index (χ2v) is 10.6. The summed E-state index contributed by atoms with van der Waals surface area (Å²) in [5, 5.41) is 7.71. The summed E-state index contributed by atoms with van der Waals surface area (Å²) in [6, 6.07) is 5.17. The number of ether oxygens (including phenoxy) is 1. The van der Waals surface area contributed by atoms with Crippen molar-refractivity contribution < 1.29 is 28.7 Å². The number of nitrogens with two attached hydrogens (primary N) is 2. The maximum absolute atomic E-state index is 12.7. The Morgan fingerprint density at radius 3 is 2.05 bits per heavy atom. The van der Waals surface area contributed by atoms with E-state index in [1.807, 2.05) is 20.8 Å². The molecule has 0 radical (unpaired) electrons. The minimum Gasteiger partial charge on any atom is -0.445 e. The van der Waals surface area contributed by atoms with Gasteiger partial charge in [-0.25, -0.2) is 9.59 Å². The molecule has 1 rings (SSSR count). The van der Waals surface area contributed by atoms with Crippen LogP contribution in [-0.4, -0.2) is 86.0 Å². The minimum atomic E-state index is -0.852. The average Bonchev–Trinajstić information content (AvgIpc) is 2.91. The number of benzene rings is 1. The third-order valence-corrected chi connectivity index (χ3v) is 5.46. The number of amides is 6. The summed E-state index contributed by atoms with van der Waals surface area (Å²) < 4.78 is 5.33. The number of rotatable bonds is 13. The summed E-state index contributed by atoms with van der Waals surface area (Å²) >= 11 is 0. The number of nitrogens with one attached hydrogen (secondary N) is 3. The first-order chi connectivity index (χ1) is 19.2. The Morgan fingerprint density at radius 1 is 0.976 bits per heavy atom. The number of nitrogens with zero attached hydrogens (tertiary/aromatic N) is 2. The van der Waals surface area contributed by atoms with Crippen LogP contribution in [0.15, 0.2) is 24.3 Å². The first-order valence-electron chi connectivity index (χ1n) is 13.7. The molecule has 1 unspecified atom stereocenters. The van der Waals surface area contributed by atoms with Crippen LogP contribution in [0.1, 0.15) is 59.4 Å². The van der Waals surface area contributed by atoms with Crippen LogP contribution >= 0.6 is 0 Å². The molecule has 0 spiro atoms. The summed E-state index contributed by atoms with van der Waals surface area (Å²) in [7, 11) is 3.29. The molecule has 0 bridgehead atoms. The Hall–Kier alpha value is -3.87. The molecule has 41 heavy (non-hydrogen) atoms. The molecule has 13 nitrogen and oxygen atoms in total. The van der Waals surface area contributed by atoms with Gasteiger partial charge >= 0.3 is 12.1 Å². The van der Waals surface area contributed by atoms with Crippen LogP contribution in [0, 0.1) is 5.41 Å². The van der Waals surface area contributed by atoms with Crippen molar-refractivity contribution in [1.29, 1.82) is 0 Å². The third kappa shape index (κ3) is 16.1. The smallest absolute Gasteiger partial charge is 0.409 e. The van der Waals surface area contributed by atoms with E-state index >= 15 is 0 Å². The maximum atomic E-state index is 12.7. The van der Waals surface area contributed by atoms with Gasteiger partial charge in [0.05, 0.1) is 6.54 Å². The molecule has 6 amide bonds. The van der Waals surface area contributed by atoms with Crippen LogP contribution in [0.3, 0.4) is 0 Å². The summed E-state index contributed by atoms with van der Waals surface area (Å²) in [4.78, 5) is 62.8. The molecule has 0 fully saturated rings. The van der Waals surface area contributed by atoms with E-state index in [-0.39, 0.29) is 32.0 Å². The summed E-state index contributed by atoms with van der Waals surface area (Å²) in [6.07, 6.45) is 1.40. The van der Waals surface area contributed by atoms with Gasteiger partial charge in [0.1, 0.15) is 12.6 Å². The highest BCUT2D eigenvalue weighted by Gasteiger charge is 2.25. The lowest BCUT2D eigenvalue weighted by atomic mass is 9.95. The molecule has 0 aromatic heterocycles. The minimum absolute atomic E-state index is 0.0142. The number of hydrogen-bond donors (Lipinski definition) is 5. The molecule has 13 heteroatoms. The van der Waals surface area contributed by atoms with E-state index in [4.69, 9.17) is 16.2 Å². The molecule has 0 aliphatic heterocycles. The largest absolute Gasteiger partial charge is 0.445 e. The van der Waals surface area contributed by atoms with Gasteiger partial charge in [0.25, 0.3) is 0 Å².